The summed E-state index contributed by atoms with van der Waals surface area (Å²) in [6.45, 7) is 6.62. The Morgan fingerprint density at radius 3 is 2.82 bits per heavy atom. The monoisotopic (exact) mass is 241 g/mol. The fraction of sp³-hybridized carbons (Fsp3) is 0.818. The molecule has 2 atom stereocenters. The van der Waals surface area contributed by atoms with Crippen LogP contribution in [0, 0.1) is 5.92 Å². The van der Waals surface area contributed by atoms with Crippen molar-refractivity contribution in [1.82, 2.24) is 15.8 Å². The highest BCUT2D eigenvalue weighted by molar-refractivity contribution is 5.81. The van der Waals surface area contributed by atoms with Crippen molar-refractivity contribution >= 4 is 12.0 Å². The molecular formula is C11H19N3O3. The minimum absolute atomic E-state index is 0.00349. The second kappa shape index (κ2) is 4.18. The first-order valence-electron chi connectivity index (χ1n) is 5.90. The van der Waals surface area contributed by atoms with Gasteiger partial charge in [0.25, 0.3) is 0 Å². The maximum atomic E-state index is 11.9. The number of carbonyl (C=O) groups is 2. The van der Waals surface area contributed by atoms with E-state index in [1.165, 1.54) is 0 Å². The Morgan fingerprint density at radius 1 is 1.47 bits per heavy atom. The maximum absolute atomic E-state index is 11.9. The van der Waals surface area contributed by atoms with Crippen molar-refractivity contribution in [2.24, 2.45) is 5.92 Å². The summed E-state index contributed by atoms with van der Waals surface area (Å²) in [5.41, 5.74) is 5.03. The molecular weight excluding hydrogens is 222 g/mol. The number of fused-ring (bicyclic) bond motifs is 1. The van der Waals surface area contributed by atoms with Gasteiger partial charge in [0.05, 0.1) is 12.0 Å². The topological polar surface area (TPSA) is 70.7 Å². The predicted molar refractivity (Wildman–Crippen MR) is 61.0 cm³/mol. The van der Waals surface area contributed by atoms with Crippen molar-refractivity contribution in [2.75, 3.05) is 13.1 Å². The molecule has 17 heavy (non-hydrogen) atoms. The number of hydrogen-bond donors (Lipinski definition) is 2. The van der Waals surface area contributed by atoms with Crippen LogP contribution in [-0.2, 0) is 9.53 Å². The molecule has 2 N–H and O–H groups in total. The molecule has 96 valence electrons. The van der Waals surface area contributed by atoms with E-state index in [0.29, 0.717) is 19.5 Å². The van der Waals surface area contributed by atoms with Crippen LogP contribution in [0.1, 0.15) is 27.2 Å². The molecule has 0 saturated carbocycles. The summed E-state index contributed by atoms with van der Waals surface area (Å²) in [7, 11) is 0. The van der Waals surface area contributed by atoms with E-state index in [9.17, 15) is 9.59 Å². The van der Waals surface area contributed by atoms with Crippen LogP contribution in [0.25, 0.3) is 0 Å². The summed E-state index contributed by atoms with van der Waals surface area (Å²) in [6, 6.07) is 0.00349. The summed E-state index contributed by atoms with van der Waals surface area (Å²) in [5, 5.41) is 0. The number of carbonyl (C=O) groups excluding carboxylic acids is 2. The van der Waals surface area contributed by atoms with Gasteiger partial charge < -0.3 is 9.64 Å². The van der Waals surface area contributed by atoms with E-state index < -0.39 is 5.60 Å². The fourth-order valence-corrected chi connectivity index (χ4v) is 2.16. The third-order valence-electron chi connectivity index (χ3n) is 2.98. The van der Waals surface area contributed by atoms with Crippen LogP contribution in [0.15, 0.2) is 0 Å². The molecule has 2 rings (SSSR count). The molecule has 0 unspecified atom stereocenters. The Kier molecular flexibility index (Phi) is 2.99. The SMILES string of the molecule is CC(C)(C)OC(=O)N1CC[C@@H]2C(=O)NN[C@H]2C1. The Bertz CT molecular complexity index is 337. The van der Waals surface area contributed by atoms with Crippen LogP contribution in [-0.4, -0.2) is 41.6 Å². The van der Waals surface area contributed by atoms with E-state index in [2.05, 4.69) is 10.9 Å². The van der Waals surface area contributed by atoms with Crippen LogP contribution in [0.3, 0.4) is 0 Å². The van der Waals surface area contributed by atoms with Gasteiger partial charge in [-0.2, -0.15) is 0 Å². The molecule has 0 aromatic rings. The number of likely N-dealkylation sites (tertiary alicyclic amines) is 1. The quantitative estimate of drug-likeness (QED) is 0.637. The Balaban J connectivity index is 1.93. The highest BCUT2D eigenvalue weighted by Gasteiger charge is 2.40. The van der Waals surface area contributed by atoms with Gasteiger partial charge in [-0.15, -0.1) is 0 Å². The lowest BCUT2D eigenvalue weighted by molar-refractivity contribution is -0.123. The molecule has 0 spiro atoms. The van der Waals surface area contributed by atoms with Crippen LogP contribution < -0.4 is 10.9 Å². The highest BCUT2D eigenvalue weighted by Crippen LogP contribution is 2.22. The fourth-order valence-electron chi connectivity index (χ4n) is 2.16. The molecule has 2 heterocycles. The molecule has 2 fully saturated rings. The second-order valence-electron chi connectivity index (χ2n) is 5.56. The number of hydrazine groups is 1. The van der Waals surface area contributed by atoms with E-state index in [-0.39, 0.29) is 24.0 Å². The molecule has 2 amide bonds. The van der Waals surface area contributed by atoms with E-state index in [1.54, 1.807) is 4.90 Å². The highest BCUT2D eigenvalue weighted by atomic mass is 16.6. The van der Waals surface area contributed by atoms with Crippen molar-refractivity contribution in [3.63, 3.8) is 0 Å². The zero-order valence-electron chi connectivity index (χ0n) is 10.4. The molecule has 2 saturated heterocycles. The van der Waals surface area contributed by atoms with Crippen molar-refractivity contribution < 1.29 is 14.3 Å². The van der Waals surface area contributed by atoms with E-state index >= 15 is 0 Å². The van der Waals surface area contributed by atoms with Crippen LogP contribution in [0.2, 0.25) is 0 Å². The molecule has 0 bridgehead atoms. The van der Waals surface area contributed by atoms with E-state index in [4.69, 9.17) is 4.74 Å². The summed E-state index contributed by atoms with van der Waals surface area (Å²) in [5.74, 6) is 0.00697. The number of piperidine rings is 1. The first kappa shape index (κ1) is 12.2. The van der Waals surface area contributed by atoms with Crippen molar-refractivity contribution in [2.45, 2.75) is 38.8 Å². The summed E-state index contributed by atoms with van der Waals surface area (Å²) < 4.78 is 5.31. The largest absolute Gasteiger partial charge is 0.444 e. The predicted octanol–water partition coefficient (Wildman–Crippen LogP) is 0.246. The zero-order chi connectivity index (χ0) is 12.6. The number of nitrogens with zero attached hydrogens (tertiary/aromatic N) is 1. The molecule has 2 aliphatic heterocycles. The van der Waals surface area contributed by atoms with Crippen LogP contribution >= 0.6 is 0 Å². The van der Waals surface area contributed by atoms with Gasteiger partial charge in [-0.3, -0.25) is 10.2 Å². The van der Waals surface area contributed by atoms with Gasteiger partial charge >= 0.3 is 6.09 Å². The molecule has 6 nitrogen and oxygen atoms in total. The molecule has 2 aliphatic rings. The minimum Gasteiger partial charge on any atom is -0.444 e. The van der Waals surface area contributed by atoms with Gasteiger partial charge in [-0.1, -0.05) is 0 Å². The second-order valence-corrected chi connectivity index (χ2v) is 5.56. The third kappa shape index (κ3) is 2.69. The van der Waals surface area contributed by atoms with Crippen molar-refractivity contribution in [1.29, 1.82) is 0 Å². The van der Waals surface area contributed by atoms with E-state index in [1.807, 2.05) is 20.8 Å². The number of hydrogen-bond acceptors (Lipinski definition) is 4. The first-order chi connectivity index (χ1) is 7.87. The third-order valence-corrected chi connectivity index (χ3v) is 2.98. The van der Waals surface area contributed by atoms with Crippen LogP contribution in [0.5, 0.6) is 0 Å². The normalized spacial score (nSPS) is 28.6. The summed E-state index contributed by atoms with van der Waals surface area (Å²) in [4.78, 5) is 24.9. The lowest BCUT2D eigenvalue weighted by Crippen LogP contribution is -2.50. The van der Waals surface area contributed by atoms with Crippen molar-refractivity contribution in [3.05, 3.63) is 0 Å². The standard InChI is InChI=1S/C11H19N3O3/c1-11(2,3)17-10(16)14-5-4-7-8(6-14)12-13-9(7)15/h7-8,12H,4-6H2,1-3H3,(H,13,15)/t7-,8-/m0/s1. The lowest BCUT2D eigenvalue weighted by Gasteiger charge is -2.34. The lowest BCUT2D eigenvalue weighted by atomic mass is 9.93. The van der Waals surface area contributed by atoms with Crippen molar-refractivity contribution in [3.8, 4) is 0 Å². The van der Waals surface area contributed by atoms with Crippen LogP contribution in [0.4, 0.5) is 4.79 Å². The number of amides is 2. The average molecular weight is 241 g/mol. The Morgan fingerprint density at radius 2 is 2.18 bits per heavy atom. The van der Waals surface area contributed by atoms with Gasteiger partial charge in [0.2, 0.25) is 5.91 Å². The smallest absolute Gasteiger partial charge is 0.410 e. The molecule has 0 aromatic heterocycles. The molecule has 6 heteroatoms. The molecule has 0 aliphatic carbocycles. The number of ether oxygens (including phenoxy) is 1. The summed E-state index contributed by atoms with van der Waals surface area (Å²) in [6.07, 6.45) is 0.375. The van der Waals surface area contributed by atoms with Gasteiger partial charge in [0.1, 0.15) is 5.60 Å². The van der Waals surface area contributed by atoms with Gasteiger partial charge in [-0.05, 0) is 27.2 Å². The number of nitrogens with one attached hydrogen (secondary N) is 2. The van der Waals surface area contributed by atoms with Gasteiger partial charge in [0.15, 0.2) is 0 Å². The van der Waals surface area contributed by atoms with Gasteiger partial charge in [-0.25, -0.2) is 10.2 Å². The Labute approximate surface area is 101 Å². The maximum Gasteiger partial charge on any atom is 0.410 e. The minimum atomic E-state index is -0.481. The molecule has 0 aromatic carbocycles. The number of rotatable bonds is 0. The van der Waals surface area contributed by atoms with Gasteiger partial charge in [0, 0.05) is 13.1 Å². The summed E-state index contributed by atoms with van der Waals surface area (Å²) >= 11 is 0. The van der Waals surface area contributed by atoms with E-state index in [0.717, 1.165) is 0 Å². The first-order valence-corrected chi connectivity index (χ1v) is 5.90. The molecule has 0 radical (unpaired) electrons. The Hall–Kier alpha value is -1.30. The zero-order valence-corrected chi connectivity index (χ0v) is 10.4. The average Bonchev–Trinajstić information content (AvgIpc) is 2.57.